The van der Waals surface area contributed by atoms with E-state index in [4.69, 9.17) is 4.74 Å². The lowest BCUT2D eigenvalue weighted by Gasteiger charge is -2.39. The molecule has 5 heteroatoms. The second-order valence-corrected chi connectivity index (χ2v) is 8.05. The van der Waals surface area contributed by atoms with Crippen molar-refractivity contribution < 1.29 is 14.3 Å². The van der Waals surface area contributed by atoms with Crippen molar-refractivity contribution >= 4 is 11.8 Å². The highest BCUT2D eigenvalue weighted by molar-refractivity contribution is 5.98. The van der Waals surface area contributed by atoms with E-state index in [2.05, 4.69) is 17.4 Å². The summed E-state index contributed by atoms with van der Waals surface area (Å²) in [6.45, 7) is 1.03. The number of fused-ring (bicyclic) bond motifs is 1. The van der Waals surface area contributed by atoms with Crippen LogP contribution in [0, 0.1) is 0 Å². The molecule has 5 nitrogen and oxygen atoms in total. The minimum Gasteiger partial charge on any atom is -0.497 e. The van der Waals surface area contributed by atoms with Crippen molar-refractivity contribution in [3.05, 3.63) is 65.2 Å². The number of hydrogen-bond acceptors (Lipinski definition) is 3. The molecule has 152 valence electrons. The fourth-order valence-electron chi connectivity index (χ4n) is 4.61. The molecule has 0 radical (unpaired) electrons. The van der Waals surface area contributed by atoms with Crippen LogP contribution in [0.3, 0.4) is 0 Å². The van der Waals surface area contributed by atoms with Crippen LogP contribution in [0.15, 0.2) is 48.5 Å². The number of rotatable bonds is 6. The lowest BCUT2D eigenvalue weighted by atomic mass is 9.76. The Morgan fingerprint density at radius 3 is 2.48 bits per heavy atom. The molecular formula is C24H28N2O3. The number of nitrogens with one attached hydrogen (secondary N) is 1. The van der Waals surface area contributed by atoms with Gasteiger partial charge in [0.25, 0.3) is 5.91 Å². The summed E-state index contributed by atoms with van der Waals surface area (Å²) in [5.41, 5.74) is 2.62. The first-order valence-corrected chi connectivity index (χ1v) is 10.4. The van der Waals surface area contributed by atoms with Gasteiger partial charge in [-0.15, -0.1) is 0 Å². The number of methoxy groups -OCH3 is 1. The van der Waals surface area contributed by atoms with Gasteiger partial charge in [-0.05, 0) is 42.2 Å². The Bertz CT molecular complexity index is 885. The summed E-state index contributed by atoms with van der Waals surface area (Å²) in [6.07, 6.45) is 5.61. The smallest absolute Gasteiger partial charge is 0.254 e. The first kappa shape index (κ1) is 19.5. The molecule has 0 bridgehead atoms. The summed E-state index contributed by atoms with van der Waals surface area (Å²) in [7, 11) is 1.66. The van der Waals surface area contributed by atoms with Crippen molar-refractivity contribution in [1.29, 1.82) is 0 Å². The third kappa shape index (κ3) is 4.00. The Labute approximate surface area is 172 Å². The van der Waals surface area contributed by atoms with Crippen molar-refractivity contribution in [2.45, 2.75) is 50.6 Å². The van der Waals surface area contributed by atoms with Crippen LogP contribution in [-0.2, 0) is 16.9 Å². The summed E-state index contributed by atoms with van der Waals surface area (Å²) < 4.78 is 5.28. The van der Waals surface area contributed by atoms with Gasteiger partial charge in [0.15, 0.2) is 0 Å². The summed E-state index contributed by atoms with van der Waals surface area (Å²) >= 11 is 0. The van der Waals surface area contributed by atoms with Gasteiger partial charge in [-0.3, -0.25) is 9.59 Å². The van der Waals surface area contributed by atoms with Crippen molar-refractivity contribution in [2.75, 3.05) is 13.7 Å². The third-order valence-electron chi connectivity index (χ3n) is 6.23. The first-order chi connectivity index (χ1) is 14.1. The molecule has 0 spiro atoms. The average molecular weight is 392 g/mol. The van der Waals surface area contributed by atoms with E-state index in [0.717, 1.165) is 48.1 Å². The quantitative estimate of drug-likeness (QED) is 0.808. The Morgan fingerprint density at radius 2 is 1.79 bits per heavy atom. The van der Waals surface area contributed by atoms with Crippen molar-refractivity contribution in [3.63, 3.8) is 0 Å². The molecule has 0 saturated heterocycles. The minimum absolute atomic E-state index is 0.00599. The third-order valence-corrected chi connectivity index (χ3v) is 6.23. The molecule has 0 atom stereocenters. The van der Waals surface area contributed by atoms with Gasteiger partial charge in [0, 0.05) is 25.1 Å². The second kappa shape index (κ2) is 8.27. The highest BCUT2D eigenvalue weighted by Gasteiger charge is 2.35. The number of hydrogen-bond donors (Lipinski definition) is 1. The van der Waals surface area contributed by atoms with E-state index in [1.54, 1.807) is 12.0 Å². The van der Waals surface area contributed by atoms with Crippen LogP contribution in [0.5, 0.6) is 5.75 Å². The zero-order valence-electron chi connectivity index (χ0n) is 16.9. The molecule has 0 aromatic heterocycles. The number of nitrogens with zero attached hydrogens (tertiary/aromatic N) is 1. The van der Waals surface area contributed by atoms with E-state index in [9.17, 15) is 9.59 Å². The zero-order valence-corrected chi connectivity index (χ0v) is 16.9. The monoisotopic (exact) mass is 392 g/mol. The normalized spacial score (nSPS) is 17.7. The molecule has 1 aliphatic carbocycles. The molecule has 1 N–H and O–H groups in total. The molecule has 4 rings (SSSR count). The summed E-state index contributed by atoms with van der Waals surface area (Å²) in [5.74, 6) is 0.848. The molecule has 1 saturated carbocycles. The SMILES string of the molecule is COc1ccc(C2(NC(=O)CCN3Cc4ccccc4C3=O)CCCCC2)cc1. The Hall–Kier alpha value is -2.82. The van der Waals surface area contributed by atoms with Crippen LogP contribution in [0.4, 0.5) is 0 Å². The molecular weight excluding hydrogens is 364 g/mol. The predicted octanol–water partition coefficient (Wildman–Crippen LogP) is 4.02. The van der Waals surface area contributed by atoms with Crippen molar-refractivity contribution in [3.8, 4) is 5.75 Å². The molecule has 2 aromatic rings. The predicted molar refractivity (Wildman–Crippen MR) is 112 cm³/mol. The van der Waals surface area contributed by atoms with Gasteiger partial charge >= 0.3 is 0 Å². The molecule has 2 amide bonds. The highest BCUT2D eigenvalue weighted by atomic mass is 16.5. The highest BCUT2D eigenvalue weighted by Crippen LogP contribution is 2.38. The fraction of sp³-hybridized carbons (Fsp3) is 0.417. The van der Waals surface area contributed by atoms with Gasteiger partial charge in [-0.2, -0.15) is 0 Å². The van der Waals surface area contributed by atoms with E-state index < -0.39 is 0 Å². The Morgan fingerprint density at radius 1 is 1.07 bits per heavy atom. The van der Waals surface area contributed by atoms with Gasteiger partial charge in [-0.1, -0.05) is 49.6 Å². The molecule has 2 aliphatic rings. The second-order valence-electron chi connectivity index (χ2n) is 8.05. The van der Waals surface area contributed by atoms with Gasteiger partial charge in [0.2, 0.25) is 5.91 Å². The number of ether oxygens (including phenoxy) is 1. The number of carbonyl (C=O) groups excluding carboxylic acids is 2. The van der Waals surface area contributed by atoms with Crippen LogP contribution in [0.2, 0.25) is 0 Å². The Balaban J connectivity index is 1.42. The summed E-state index contributed by atoms with van der Waals surface area (Å²) in [5, 5.41) is 3.33. The minimum atomic E-state index is -0.320. The molecule has 1 aliphatic heterocycles. The van der Waals surface area contributed by atoms with E-state index in [-0.39, 0.29) is 17.4 Å². The average Bonchev–Trinajstić information content (AvgIpc) is 3.09. The van der Waals surface area contributed by atoms with Crippen LogP contribution in [-0.4, -0.2) is 30.4 Å². The first-order valence-electron chi connectivity index (χ1n) is 10.4. The van der Waals surface area contributed by atoms with Gasteiger partial charge in [0.1, 0.15) is 5.75 Å². The summed E-state index contributed by atoms with van der Waals surface area (Å²) in [4.78, 5) is 27.2. The molecule has 2 aromatic carbocycles. The lowest BCUT2D eigenvalue weighted by Crippen LogP contribution is -2.47. The maximum Gasteiger partial charge on any atom is 0.254 e. The fourth-order valence-corrected chi connectivity index (χ4v) is 4.61. The number of benzene rings is 2. The zero-order chi connectivity index (χ0) is 20.3. The van der Waals surface area contributed by atoms with E-state index in [0.29, 0.717) is 19.5 Å². The van der Waals surface area contributed by atoms with Crippen LogP contribution in [0.25, 0.3) is 0 Å². The van der Waals surface area contributed by atoms with Gasteiger partial charge < -0.3 is 15.0 Å². The largest absolute Gasteiger partial charge is 0.497 e. The van der Waals surface area contributed by atoms with Crippen molar-refractivity contribution in [2.24, 2.45) is 0 Å². The number of carbonyl (C=O) groups is 2. The van der Waals surface area contributed by atoms with E-state index >= 15 is 0 Å². The van der Waals surface area contributed by atoms with E-state index in [1.807, 2.05) is 36.4 Å². The maximum absolute atomic E-state index is 12.9. The Kier molecular flexibility index (Phi) is 5.56. The lowest BCUT2D eigenvalue weighted by molar-refractivity contribution is -0.123. The van der Waals surface area contributed by atoms with Crippen LogP contribution >= 0.6 is 0 Å². The van der Waals surface area contributed by atoms with Crippen LogP contribution < -0.4 is 10.1 Å². The molecule has 1 fully saturated rings. The topological polar surface area (TPSA) is 58.6 Å². The van der Waals surface area contributed by atoms with E-state index in [1.165, 1.54) is 6.42 Å². The standard InChI is InChI=1S/C24H28N2O3/c1-29-20-11-9-19(10-12-20)24(14-5-2-6-15-24)25-22(27)13-16-26-17-18-7-3-4-8-21(18)23(26)28/h3-4,7-12H,2,5-6,13-17H2,1H3,(H,25,27). The van der Waals surface area contributed by atoms with Gasteiger partial charge in [-0.25, -0.2) is 0 Å². The maximum atomic E-state index is 12.9. The number of amides is 2. The van der Waals surface area contributed by atoms with Crippen molar-refractivity contribution in [1.82, 2.24) is 10.2 Å². The van der Waals surface area contributed by atoms with Gasteiger partial charge in [0.05, 0.1) is 12.6 Å². The molecule has 29 heavy (non-hydrogen) atoms. The van der Waals surface area contributed by atoms with Crippen LogP contribution in [0.1, 0.15) is 60.0 Å². The summed E-state index contributed by atoms with van der Waals surface area (Å²) in [6, 6.07) is 15.7. The molecule has 1 heterocycles. The molecule has 0 unspecified atom stereocenters.